The van der Waals surface area contributed by atoms with E-state index in [9.17, 15) is 0 Å². The van der Waals surface area contributed by atoms with Crippen molar-refractivity contribution in [1.29, 1.82) is 0 Å². The third-order valence-electron chi connectivity index (χ3n) is 2.12. The lowest BCUT2D eigenvalue weighted by molar-refractivity contribution is 0.459. The van der Waals surface area contributed by atoms with Crippen LogP contribution >= 0.6 is 11.3 Å². The Hall–Kier alpha value is -0.380. The predicted molar refractivity (Wildman–Crippen MR) is 58.8 cm³/mol. The molecule has 0 amide bonds. The zero-order valence-corrected chi connectivity index (χ0v) is 9.10. The van der Waals surface area contributed by atoms with E-state index < -0.39 is 0 Å². The molecule has 1 aromatic heterocycles. The van der Waals surface area contributed by atoms with Gasteiger partial charge in [0.2, 0.25) is 0 Å². The largest absolute Gasteiger partial charge is 0.326 e. The van der Waals surface area contributed by atoms with Crippen molar-refractivity contribution >= 4 is 11.3 Å². The minimum Gasteiger partial charge on any atom is -0.326 e. The van der Waals surface area contributed by atoms with Gasteiger partial charge in [0.15, 0.2) is 0 Å². The molecule has 13 heavy (non-hydrogen) atoms. The zero-order valence-electron chi connectivity index (χ0n) is 8.29. The fourth-order valence-corrected chi connectivity index (χ4v) is 1.69. The summed E-state index contributed by atoms with van der Waals surface area (Å²) in [6.45, 7) is 6.14. The van der Waals surface area contributed by atoms with Crippen LogP contribution in [0.25, 0.3) is 0 Å². The molecule has 1 unspecified atom stereocenters. The second-order valence-electron chi connectivity index (χ2n) is 3.62. The van der Waals surface area contributed by atoms with Crippen LogP contribution in [0.3, 0.4) is 0 Å². The van der Waals surface area contributed by atoms with Gasteiger partial charge in [-0.2, -0.15) is 0 Å². The van der Waals surface area contributed by atoms with E-state index in [0.29, 0.717) is 5.92 Å². The first-order chi connectivity index (χ1) is 6.20. The molecule has 74 valence electrons. The summed E-state index contributed by atoms with van der Waals surface area (Å²) in [7, 11) is 0. The molecule has 0 bridgehead atoms. The van der Waals surface area contributed by atoms with E-state index in [4.69, 9.17) is 5.73 Å². The number of hydrogen-bond acceptors (Lipinski definition) is 3. The molecule has 2 nitrogen and oxygen atoms in total. The van der Waals surface area contributed by atoms with Gasteiger partial charge in [-0.25, -0.2) is 0 Å². The second kappa shape index (κ2) is 5.37. The fourth-order valence-electron chi connectivity index (χ4n) is 1.01. The van der Waals surface area contributed by atoms with Crippen LogP contribution in [0.4, 0.5) is 0 Å². The van der Waals surface area contributed by atoms with Crippen LogP contribution in [-0.2, 0) is 6.54 Å². The van der Waals surface area contributed by atoms with E-state index in [0.717, 1.165) is 13.1 Å². The summed E-state index contributed by atoms with van der Waals surface area (Å²) in [5.41, 5.74) is 5.90. The van der Waals surface area contributed by atoms with E-state index in [2.05, 4.69) is 36.7 Å². The van der Waals surface area contributed by atoms with Crippen molar-refractivity contribution in [2.45, 2.75) is 26.4 Å². The van der Waals surface area contributed by atoms with Gasteiger partial charge < -0.3 is 11.1 Å². The van der Waals surface area contributed by atoms with Crippen LogP contribution in [0.2, 0.25) is 0 Å². The average Bonchev–Trinajstić information content (AvgIpc) is 2.56. The van der Waals surface area contributed by atoms with E-state index in [1.807, 2.05) is 0 Å². The van der Waals surface area contributed by atoms with Crippen LogP contribution < -0.4 is 11.1 Å². The third-order valence-corrected chi connectivity index (χ3v) is 2.99. The van der Waals surface area contributed by atoms with Crippen molar-refractivity contribution in [3.63, 3.8) is 0 Å². The van der Waals surface area contributed by atoms with Crippen molar-refractivity contribution < 1.29 is 0 Å². The maximum atomic E-state index is 5.90. The molecule has 0 aliphatic rings. The lowest BCUT2D eigenvalue weighted by Crippen LogP contribution is -2.37. The molecule has 0 radical (unpaired) electrons. The molecule has 1 rings (SSSR count). The molecule has 1 heterocycles. The first kappa shape index (κ1) is 10.7. The van der Waals surface area contributed by atoms with Crippen molar-refractivity contribution in [3.05, 3.63) is 22.4 Å². The molecule has 1 aromatic rings. The van der Waals surface area contributed by atoms with Gasteiger partial charge in [-0.05, 0) is 17.4 Å². The lowest BCUT2D eigenvalue weighted by Gasteiger charge is -2.15. The van der Waals surface area contributed by atoms with Gasteiger partial charge in [-0.1, -0.05) is 19.9 Å². The highest BCUT2D eigenvalue weighted by atomic mass is 32.1. The van der Waals surface area contributed by atoms with Crippen LogP contribution in [0.15, 0.2) is 17.5 Å². The van der Waals surface area contributed by atoms with Crippen LogP contribution in [-0.4, -0.2) is 12.6 Å². The Balaban J connectivity index is 2.14. The Morgan fingerprint density at radius 2 is 2.31 bits per heavy atom. The Morgan fingerprint density at radius 1 is 1.54 bits per heavy atom. The molecule has 0 aliphatic heterocycles. The molecule has 3 N–H and O–H groups in total. The minimum atomic E-state index is 0.264. The van der Waals surface area contributed by atoms with Crippen molar-refractivity contribution in [1.82, 2.24) is 5.32 Å². The van der Waals surface area contributed by atoms with Crippen LogP contribution in [0.5, 0.6) is 0 Å². The van der Waals surface area contributed by atoms with Gasteiger partial charge in [0.25, 0.3) is 0 Å². The predicted octanol–water partition coefficient (Wildman–Crippen LogP) is 1.82. The Kier molecular flexibility index (Phi) is 4.42. The summed E-state index contributed by atoms with van der Waals surface area (Å²) in [5, 5.41) is 5.45. The molecular weight excluding hydrogens is 180 g/mol. The van der Waals surface area contributed by atoms with E-state index in [1.165, 1.54) is 4.88 Å². The molecular formula is C10H18N2S. The monoisotopic (exact) mass is 198 g/mol. The molecule has 0 spiro atoms. The smallest absolute Gasteiger partial charge is 0.0300 e. The van der Waals surface area contributed by atoms with Gasteiger partial charge in [-0.15, -0.1) is 11.3 Å². The Labute approximate surface area is 84.2 Å². The molecule has 0 saturated carbocycles. The summed E-state index contributed by atoms with van der Waals surface area (Å²) >= 11 is 1.78. The molecule has 0 aromatic carbocycles. The summed E-state index contributed by atoms with van der Waals surface area (Å²) in [5.74, 6) is 0.552. The maximum Gasteiger partial charge on any atom is 0.0300 e. The first-order valence-electron chi connectivity index (χ1n) is 4.69. The van der Waals surface area contributed by atoms with E-state index in [1.54, 1.807) is 11.3 Å². The van der Waals surface area contributed by atoms with E-state index >= 15 is 0 Å². The fraction of sp³-hybridized carbons (Fsp3) is 0.600. The van der Waals surface area contributed by atoms with Gasteiger partial charge in [0.1, 0.15) is 0 Å². The van der Waals surface area contributed by atoms with Gasteiger partial charge in [0, 0.05) is 24.0 Å². The van der Waals surface area contributed by atoms with Crippen molar-refractivity contribution in [2.75, 3.05) is 6.54 Å². The zero-order chi connectivity index (χ0) is 9.68. The Bertz CT molecular complexity index is 219. The van der Waals surface area contributed by atoms with Gasteiger partial charge in [0.05, 0.1) is 0 Å². The number of rotatable bonds is 5. The summed E-state index contributed by atoms with van der Waals surface area (Å²) in [4.78, 5) is 1.37. The Morgan fingerprint density at radius 3 is 2.85 bits per heavy atom. The molecule has 3 heteroatoms. The quantitative estimate of drug-likeness (QED) is 0.757. The van der Waals surface area contributed by atoms with Crippen LogP contribution in [0, 0.1) is 5.92 Å². The number of nitrogens with two attached hydrogens (primary N) is 1. The van der Waals surface area contributed by atoms with Crippen molar-refractivity contribution in [2.24, 2.45) is 11.7 Å². The summed E-state index contributed by atoms with van der Waals surface area (Å²) < 4.78 is 0. The topological polar surface area (TPSA) is 38.0 Å². The van der Waals surface area contributed by atoms with Crippen molar-refractivity contribution in [3.8, 4) is 0 Å². The SMILES string of the molecule is CC(C)C(N)CNCc1cccs1. The molecule has 0 aliphatic carbocycles. The third kappa shape index (κ3) is 3.89. The van der Waals surface area contributed by atoms with Gasteiger partial charge in [-0.3, -0.25) is 0 Å². The molecule has 1 atom stereocenters. The summed E-state index contributed by atoms with van der Waals surface area (Å²) in [6, 6.07) is 4.47. The number of hydrogen-bond donors (Lipinski definition) is 2. The molecule has 0 fully saturated rings. The minimum absolute atomic E-state index is 0.264. The summed E-state index contributed by atoms with van der Waals surface area (Å²) in [6.07, 6.45) is 0. The van der Waals surface area contributed by atoms with Crippen LogP contribution in [0.1, 0.15) is 18.7 Å². The standard InChI is InChI=1S/C10H18N2S/c1-8(2)10(11)7-12-6-9-4-3-5-13-9/h3-5,8,10,12H,6-7,11H2,1-2H3. The lowest BCUT2D eigenvalue weighted by atomic mass is 10.1. The van der Waals surface area contributed by atoms with E-state index in [-0.39, 0.29) is 6.04 Å². The maximum absolute atomic E-state index is 5.90. The van der Waals surface area contributed by atoms with Gasteiger partial charge >= 0.3 is 0 Å². The second-order valence-corrected chi connectivity index (χ2v) is 4.65. The number of thiophene rings is 1. The normalized spacial score (nSPS) is 13.5. The first-order valence-corrected chi connectivity index (χ1v) is 5.57. The number of nitrogens with one attached hydrogen (secondary N) is 1. The molecule has 0 saturated heterocycles. The average molecular weight is 198 g/mol. The highest BCUT2D eigenvalue weighted by molar-refractivity contribution is 7.09. The highest BCUT2D eigenvalue weighted by Gasteiger charge is 2.06. The highest BCUT2D eigenvalue weighted by Crippen LogP contribution is 2.07.